The van der Waals surface area contributed by atoms with Gasteiger partial charge in [0, 0.05) is 30.1 Å². The Kier molecular flexibility index (Phi) is 10.6. The van der Waals surface area contributed by atoms with E-state index in [9.17, 15) is 0 Å². The van der Waals surface area contributed by atoms with E-state index in [-0.39, 0.29) is 0 Å². The molecule has 0 aromatic heterocycles. The van der Waals surface area contributed by atoms with Crippen LogP contribution in [0.3, 0.4) is 0 Å². The number of rotatable bonds is 0. The van der Waals surface area contributed by atoms with Gasteiger partial charge in [-0.2, -0.15) is 0 Å². The second-order valence-corrected chi connectivity index (χ2v) is 10.9. The minimum absolute atomic E-state index is 0.938. The Morgan fingerprint density at radius 3 is 1.51 bits per heavy atom. The molecule has 0 aliphatic rings. The number of terminal acetylenes is 1. The van der Waals surface area contributed by atoms with Crippen molar-refractivity contribution in [1.29, 1.82) is 0 Å². The largest absolute Gasteiger partial charge is 0.115 e. The van der Waals surface area contributed by atoms with E-state index in [1.165, 1.54) is 21.5 Å². The standard InChI is InChI=1S/C18H11Br.C10H6Br2.C8H6/c19-18-13-11-15-8-4-5-9-16(15)17(18)12-10-14-6-2-1-3-7-14;11-9-6-5-7-3-1-2-4-8(7)10(9)12;1-2-8-6-4-3-5-7-8/h1-9,11,13H;1-6H;1,3-7H. The summed E-state index contributed by atoms with van der Waals surface area (Å²) in [6.07, 6.45) is 5.10. The Hall–Kier alpha value is -3.60. The fourth-order valence-electron chi connectivity index (χ4n) is 3.77. The van der Waals surface area contributed by atoms with Gasteiger partial charge in [-0.05, 0) is 106 Å². The van der Waals surface area contributed by atoms with E-state index in [1.807, 2.05) is 91.0 Å². The molecule has 0 aliphatic carbocycles. The SMILES string of the molecule is Brc1ccc2ccccc2c1Br.Brc1ccc2ccccc2c1C#Cc1ccccc1.C#Cc1ccccc1. The van der Waals surface area contributed by atoms with Gasteiger partial charge in [0.2, 0.25) is 0 Å². The first-order valence-corrected chi connectivity index (χ1v) is 14.5. The third-order valence-corrected chi connectivity index (χ3v) is 8.45. The average molecular weight is 695 g/mol. The Balaban J connectivity index is 0.000000150. The molecule has 0 saturated carbocycles. The molecule has 0 atom stereocenters. The number of hydrogen-bond donors (Lipinski definition) is 0. The van der Waals surface area contributed by atoms with Gasteiger partial charge in [-0.3, -0.25) is 0 Å². The van der Waals surface area contributed by atoms with Crippen LogP contribution in [0.25, 0.3) is 21.5 Å². The number of halogens is 3. The maximum Gasteiger partial charge on any atom is 0.0469 e. The predicted molar refractivity (Wildman–Crippen MR) is 178 cm³/mol. The minimum atomic E-state index is 0.938. The monoisotopic (exact) mass is 692 g/mol. The Morgan fingerprint density at radius 1 is 0.436 bits per heavy atom. The van der Waals surface area contributed by atoms with E-state index in [2.05, 4.69) is 108 Å². The van der Waals surface area contributed by atoms with Crippen molar-refractivity contribution in [3.8, 4) is 24.2 Å². The lowest BCUT2D eigenvalue weighted by molar-refractivity contribution is 1.62. The quantitative estimate of drug-likeness (QED) is 0.139. The van der Waals surface area contributed by atoms with Crippen molar-refractivity contribution in [1.82, 2.24) is 0 Å². The second kappa shape index (κ2) is 14.5. The average Bonchev–Trinajstić information content (AvgIpc) is 3.00. The molecule has 0 heterocycles. The third-order valence-electron chi connectivity index (χ3n) is 5.74. The molecule has 0 saturated heterocycles. The predicted octanol–water partition coefficient (Wildman–Crippen LogP) is 11.0. The Labute approximate surface area is 255 Å². The fraction of sp³-hybridized carbons (Fsp3) is 0. The summed E-state index contributed by atoms with van der Waals surface area (Å²) in [7, 11) is 0. The van der Waals surface area contributed by atoms with Crippen LogP contribution in [0.5, 0.6) is 0 Å². The lowest BCUT2D eigenvalue weighted by atomic mass is 10.0. The number of fused-ring (bicyclic) bond motifs is 2. The molecule has 0 nitrogen and oxygen atoms in total. The highest BCUT2D eigenvalue weighted by atomic mass is 79.9. The van der Waals surface area contributed by atoms with Gasteiger partial charge in [0.15, 0.2) is 0 Å². The van der Waals surface area contributed by atoms with Crippen LogP contribution in [0.2, 0.25) is 0 Å². The summed E-state index contributed by atoms with van der Waals surface area (Å²) in [5.41, 5.74) is 3.01. The van der Waals surface area contributed by atoms with Gasteiger partial charge in [-0.25, -0.2) is 0 Å². The van der Waals surface area contributed by atoms with Crippen LogP contribution in [0.4, 0.5) is 0 Å². The van der Waals surface area contributed by atoms with Crippen LogP contribution in [0, 0.1) is 24.2 Å². The first kappa shape index (κ1) is 28.4. The van der Waals surface area contributed by atoms with Gasteiger partial charge in [-0.15, -0.1) is 6.42 Å². The molecule has 188 valence electrons. The molecule has 0 unspecified atom stereocenters. The molecule has 0 radical (unpaired) electrons. The fourth-order valence-corrected chi connectivity index (χ4v) is 5.05. The summed E-state index contributed by atoms with van der Waals surface area (Å²) in [4.78, 5) is 0. The molecule has 6 rings (SSSR count). The molecular formula is C36H23Br3. The van der Waals surface area contributed by atoms with Gasteiger partial charge < -0.3 is 0 Å². The van der Waals surface area contributed by atoms with Gasteiger partial charge in [0.1, 0.15) is 0 Å². The molecule has 0 amide bonds. The molecule has 0 bridgehead atoms. The van der Waals surface area contributed by atoms with Crippen LogP contribution in [0.15, 0.2) is 147 Å². The molecular weight excluding hydrogens is 672 g/mol. The Bertz CT molecular complexity index is 1790. The van der Waals surface area contributed by atoms with E-state index in [0.717, 1.165) is 30.1 Å². The van der Waals surface area contributed by atoms with Gasteiger partial charge in [0.25, 0.3) is 0 Å². The number of hydrogen-bond acceptors (Lipinski definition) is 0. The highest BCUT2D eigenvalue weighted by molar-refractivity contribution is 9.13. The maximum absolute atomic E-state index is 5.10. The summed E-state index contributed by atoms with van der Waals surface area (Å²) < 4.78 is 3.26. The van der Waals surface area contributed by atoms with Crippen molar-refractivity contribution in [3.63, 3.8) is 0 Å². The van der Waals surface area contributed by atoms with Crippen LogP contribution in [0.1, 0.15) is 16.7 Å². The van der Waals surface area contributed by atoms with Gasteiger partial charge >= 0.3 is 0 Å². The minimum Gasteiger partial charge on any atom is -0.115 e. The van der Waals surface area contributed by atoms with E-state index in [0.29, 0.717) is 0 Å². The zero-order valence-corrected chi connectivity index (χ0v) is 25.7. The van der Waals surface area contributed by atoms with E-state index < -0.39 is 0 Å². The van der Waals surface area contributed by atoms with Crippen molar-refractivity contribution < 1.29 is 0 Å². The molecule has 0 N–H and O–H groups in total. The van der Waals surface area contributed by atoms with Crippen LogP contribution >= 0.6 is 47.8 Å². The van der Waals surface area contributed by atoms with E-state index in [1.54, 1.807) is 0 Å². The zero-order valence-electron chi connectivity index (χ0n) is 20.9. The Morgan fingerprint density at radius 2 is 0.923 bits per heavy atom. The summed E-state index contributed by atoms with van der Waals surface area (Å²) in [5.74, 6) is 9.02. The smallest absolute Gasteiger partial charge is 0.0469 e. The molecule has 3 heteroatoms. The van der Waals surface area contributed by atoms with E-state index in [4.69, 9.17) is 6.42 Å². The highest BCUT2D eigenvalue weighted by Crippen LogP contribution is 2.31. The third kappa shape index (κ3) is 7.95. The lowest BCUT2D eigenvalue weighted by Gasteiger charge is -2.02. The second-order valence-electron chi connectivity index (χ2n) is 8.35. The first-order chi connectivity index (χ1) is 19.1. The van der Waals surface area contributed by atoms with Gasteiger partial charge in [-0.1, -0.05) is 115 Å². The molecule has 0 aliphatic heterocycles. The normalized spacial score (nSPS) is 9.69. The molecule has 6 aromatic carbocycles. The summed E-state index contributed by atoms with van der Waals surface area (Å²) in [6, 6.07) is 44.5. The molecule has 0 spiro atoms. The van der Waals surface area contributed by atoms with Crippen molar-refractivity contribution in [2.75, 3.05) is 0 Å². The van der Waals surface area contributed by atoms with Gasteiger partial charge in [0.05, 0.1) is 0 Å². The highest BCUT2D eigenvalue weighted by Gasteiger charge is 2.02. The topological polar surface area (TPSA) is 0 Å². The van der Waals surface area contributed by atoms with Crippen molar-refractivity contribution in [2.24, 2.45) is 0 Å². The lowest BCUT2D eigenvalue weighted by Crippen LogP contribution is -1.82. The van der Waals surface area contributed by atoms with Crippen molar-refractivity contribution in [3.05, 3.63) is 164 Å². The van der Waals surface area contributed by atoms with Crippen LogP contribution in [-0.2, 0) is 0 Å². The van der Waals surface area contributed by atoms with Crippen LogP contribution < -0.4 is 0 Å². The molecule has 6 aromatic rings. The van der Waals surface area contributed by atoms with Crippen molar-refractivity contribution in [2.45, 2.75) is 0 Å². The van der Waals surface area contributed by atoms with E-state index >= 15 is 0 Å². The van der Waals surface area contributed by atoms with Crippen molar-refractivity contribution >= 4 is 69.3 Å². The first-order valence-electron chi connectivity index (χ1n) is 12.2. The summed E-state index contributed by atoms with van der Waals surface area (Å²) in [6.45, 7) is 0. The maximum atomic E-state index is 5.10. The zero-order chi connectivity index (χ0) is 27.5. The van der Waals surface area contributed by atoms with Crippen LogP contribution in [-0.4, -0.2) is 0 Å². The number of benzene rings is 6. The summed E-state index contributed by atoms with van der Waals surface area (Å²) in [5, 5.41) is 4.89. The molecule has 39 heavy (non-hydrogen) atoms. The summed E-state index contributed by atoms with van der Waals surface area (Å²) >= 11 is 10.6. The molecule has 0 fully saturated rings.